The Kier molecular flexibility index (Phi) is 4.87. The van der Waals surface area contributed by atoms with Crippen LogP contribution in [0.5, 0.6) is 0 Å². The summed E-state index contributed by atoms with van der Waals surface area (Å²) < 4.78 is 0. The van der Waals surface area contributed by atoms with Gasteiger partial charge in [-0.1, -0.05) is 13.8 Å². The van der Waals surface area contributed by atoms with E-state index in [1.807, 2.05) is 0 Å². The van der Waals surface area contributed by atoms with E-state index in [-0.39, 0.29) is 0 Å². The van der Waals surface area contributed by atoms with Gasteiger partial charge in [0.05, 0.1) is 0 Å². The fourth-order valence-corrected chi connectivity index (χ4v) is 2.57. The van der Waals surface area contributed by atoms with Crippen LogP contribution in [0.4, 0.5) is 0 Å². The van der Waals surface area contributed by atoms with Crippen LogP contribution in [0.1, 0.15) is 46.5 Å². The zero-order valence-electron chi connectivity index (χ0n) is 11.9. The predicted octanol–water partition coefficient (Wildman–Crippen LogP) is 2.74. The standard InChI is InChI=1S/C15H30N2/c1-4-16-9-12(2)13(3)17(10-14-5-6-14)11-15-7-8-15/h12-16H,4-11H2,1-3H3. The Morgan fingerprint density at radius 3 is 2.00 bits per heavy atom. The SMILES string of the molecule is CCNCC(C)C(C)N(CC1CC1)CC1CC1. The van der Waals surface area contributed by atoms with Gasteiger partial charge in [0.15, 0.2) is 0 Å². The molecule has 2 aliphatic rings. The first-order valence-corrected chi connectivity index (χ1v) is 7.65. The van der Waals surface area contributed by atoms with Gasteiger partial charge in [-0.15, -0.1) is 0 Å². The maximum atomic E-state index is 3.50. The molecule has 0 radical (unpaired) electrons. The average Bonchev–Trinajstić information content (AvgIpc) is 3.18. The van der Waals surface area contributed by atoms with Crippen molar-refractivity contribution in [3.63, 3.8) is 0 Å². The van der Waals surface area contributed by atoms with E-state index < -0.39 is 0 Å². The first kappa shape index (κ1) is 13.4. The van der Waals surface area contributed by atoms with Gasteiger partial charge in [0.1, 0.15) is 0 Å². The minimum absolute atomic E-state index is 0.746. The van der Waals surface area contributed by atoms with Crippen molar-refractivity contribution in [2.24, 2.45) is 17.8 Å². The zero-order chi connectivity index (χ0) is 12.3. The molecule has 2 fully saturated rings. The van der Waals surface area contributed by atoms with Crippen molar-refractivity contribution in [3.05, 3.63) is 0 Å². The van der Waals surface area contributed by atoms with Gasteiger partial charge in [-0.25, -0.2) is 0 Å². The van der Waals surface area contributed by atoms with Crippen molar-refractivity contribution in [2.75, 3.05) is 26.2 Å². The van der Waals surface area contributed by atoms with E-state index >= 15 is 0 Å². The molecule has 0 aromatic rings. The van der Waals surface area contributed by atoms with E-state index in [1.165, 1.54) is 45.3 Å². The molecule has 2 aliphatic carbocycles. The monoisotopic (exact) mass is 238 g/mol. The number of hydrogen-bond donors (Lipinski definition) is 1. The Bertz CT molecular complexity index is 207. The van der Waals surface area contributed by atoms with Crippen molar-refractivity contribution in [3.8, 4) is 0 Å². The second kappa shape index (κ2) is 6.19. The Morgan fingerprint density at radius 2 is 1.59 bits per heavy atom. The van der Waals surface area contributed by atoms with Crippen LogP contribution in [-0.4, -0.2) is 37.1 Å². The van der Waals surface area contributed by atoms with Gasteiger partial charge in [-0.2, -0.15) is 0 Å². The van der Waals surface area contributed by atoms with Gasteiger partial charge in [-0.05, 0) is 63.5 Å². The molecule has 2 heteroatoms. The smallest absolute Gasteiger partial charge is 0.0105 e. The first-order chi connectivity index (χ1) is 8.20. The number of hydrogen-bond acceptors (Lipinski definition) is 2. The normalized spacial score (nSPS) is 24.0. The third kappa shape index (κ3) is 4.59. The zero-order valence-corrected chi connectivity index (χ0v) is 11.9. The molecule has 0 bridgehead atoms. The summed E-state index contributed by atoms with van der Waals surface area (Å²) in [6.45, 7) is 12.0. The molecule has 0 saturated heterocycles. The van der Waals surface area contributed by atoms with Crippen LogP contribution < -0.4 is 5.32 Å². The molecule has 2 unspecified atom stereocenters. The summed E-state index contributed by atoms with van der Waals surface area (Å²) in [4.78, 5) is 2.79. The highest BCUT2D eigenvalue weighted by atomic mass is 15.2. The van der Waals surface area contributed by atoms with E-state index in [9.17, 15) is 0 Å². The van der Waals surface area contributed by atoms with E-state index in [1.54, 1.807) is 0 Å². The van der Waals surface area contributed by atoms with Crippen LogP contribution in [-0.2, 0) is 0 Å². The largest absolute Gasteiger partial charge is 0.317 e. The van der Waals surface area contributed by atoms with Crippen LogP contribution in [0.3, 0.4) is 0 Å². The lowest BCUT2D eigenvalue weighted by Gasteiger charge is -2.33. The fourth-order valence-electron chi connectivity index (χ4n) is 2.57. The summed E-state index contributed by atoms with van der Waals surface area (Å²) in [5, 5.41) is 3.50. The molecule has 100 valence electrons. The molecule has 2 rings (SSSR count). The van der Waals surface area contributed by atoms with E-state index in [0.717, 1.165) is 30.3 Å². The van der Waals surface area contributed by atoms with E-state index in [2.05, 4.69) is 31.0 Å². The fraction of sp³-hybridized carbons (Fsp3) is 1.00. The minimum atomic E-state index is 0.746. The third-order valence-corrected chi connectivity index (χ3v) is 4.50. The average molecular weight is 238 g/mol. The topological polar surface area (TPSA) is 15.3 Å². The molecule has 1 N–H and O–H groups in total. The molecule has 2 nitrogen and oxygen atoms in total. The third-order valence-electron chi connectivity index (χ3n) is 4.50. The van der Waals surface area contributed by atoms with Crippen molar-refractivity contribution in [1.29, 1.82) is 0 Å². The Morgan fingerprint density at radius 1 is 1.06 bits per heavy atom. The lowest BCUT2D eigenvalue weighted by molar-refractivity contribution is 0.146. The molecule has 2 atom stereocenters. The molecular weight excluding hydrogens is 208 g/mol. The molecule has 2 saturated carbocycles. The molecular formula is C15H30N2. The van der Waals surface area contributed by atoms with Gasteiger partial charge in [0.2, 0.25) is 0 Å². The van der Waals surface area contributed by atoms with Gasteiger partial charge >= 0.3 is 0 Å². The van der Waals surface area contributed by atoms with Crippen LogP contribution in [0.25, 0.3) is 0 Å². The summed E-state index contributed by atoms with van der Waals surface area (Å²) >= 11 is 0. The van der Waals surface area contributed by atoms with Gasteiger partial charge in [-0.3, -0.25) is 4.90 Å². The second-order valence-corrected chi connectivity index (χ2v) is 6.37. The molecule has 0 spiro atoms. The summed E-state index contributed by atoms with van der Waals surface area (Å²) in [5.41, 5.74) is 0. The minimum Gasteiger partial charge on any atom is -0.317 e. The lowest BCUT2D eigenvalue weighted by Crippen LogP contribution is -2.43. The molecule has 0 aliphatic heterocycles. The van der Waals surface area contributed by atoms with Crippen LogP contribution in [0.15, 0.2) is 0 Å². The molecule has 0 amide bonds. The predicted molar refractivity (Wildman–Crippen MR) is 74.2 cm³/mol. The highest BCUT2D eigenvalue weighted by Crippen LogP contribution is 2.35. The van der Waals surface area contributed by atoms with E-state index in [0.29, 0.717) is 0 Å². The van der Waals surface area contributed by atoms with Crippen LogP contribution in [0, 0.1) is 17.8 Å². The highest BCUT2D eigenvalue weighted by molar-refractivity contribution is 4.86. The van der Waals surface area contributed by atoms with Crippen molar-refractivity contribution < 1.29 is 0 Å². The van der Waals surface area contributed by atoms with Gasteiger partial charge in [0, 0.05) is 19.1 Å². The Hall–Kier alpha value is -0.0800. The van der Waals surface area contributed by atoms with Crippen LogP contribution >= 0.6 is 0 Å². The van der Waals surface area contributed by atoms with Crippen molar-refractivity contribution >= 4 is 0 Å². The molecule has 0 aromatic carbocycles. The Labute approximate surface area is 107 Å². The maximum Gasteiger partial charge on any atom is 0.0105 e. The summed E-state index contributed by atoms with van der Waals surface area (Å²) in [6, 6.07) is 0.746. The summed E-state index contributed by atoms with van der Waals surface area (Å²) in [7, 11) is 0. The van der Waals surface area contributed by atoms with Crippen molar-refractivity contribution in [2.45, 2.75) is 52.5 Å². The summed E-state index contributed by atoms with van der Waals surface area (Å²) in [6.07, 6.45) is 5.93. The van der Waals surface area contributed by atoms with Gasteiger partial charge in [0.25, 0.3) is 0 Å². The quantitative estimate of drug-likeness (QED) is 0.664. The second-order valence-electron chi connectivity index (χ2n) is 6.37. The Balaban J connectivity index is 1.78. The molecule has 0 aromatic heterocycles. The van der Waals surface area contributed by atoms with Gasteiger partial charge < -0.3 is 5.32 Å². The number of nitrogens with one attached hydrogen (secondary N) is 1. The molecule has 17 heavy (non-hydrogen) atoms. The lowest BCUT2D eigenvalue weighted by atomic mass is 10.0. The van der Waals surface area contributed by atoms with E-state index in [4.69, 9.17) is 0 Å². The first-order valence-electron chi connectivity index (χ1n) is 7.65. The number of nitrogens with zero attached hydrogens (tertiary/aromatic N) is 1. The van der Waals surface area contributed by atoms with Crippen molar-refractivity contribution in [1.82, 2.24) is 10.2 Å². The van der Waals surface area contributed by atoms with Crippen LogP contribution in [0.2, 0.25) is 0 Å². The summed E-state index contributed by atoms with van der Waals surface area (Å²) in [5.74, 6) is 2.83. The molecule has 0 heterocycles. The number of rotatable bonds is 9. The maximum absolute atomic E-state index is 3.50. The highest BCUT2D eigenvalue weighted by Gasteiger charge is 2.32.